The van der Waals surface area contributed by atoms with Crippen molar-refractivity contribution in [1.82, 2.24) is 19.8 Å². The van der Waals surface area contributed by atoms with E-state index in [0.717, 1.165) is 53.5 Å². The molecule has 3 aromatic rings. The van der Waals surface area contributed by atoms with Crippen molar-refractivity contribution in [2.24, 2.45) is 0 Å². The number of pyridine rings is 2. The van der Waals surface area contributed by atoms with E-state index in [-0.39, 0.29) is 12.5 Å². The van der Waals surface area contributed by atoms with Crippen LogP contribution in [-0.2, 0) is 11.3 Å². The molecule has 2 aliphatic rings. The molecule has 9 heteroatoms. The van der Waals surface area contributed by atoms with Crippen LogP contribution >= 0.6 is 0 Å². The van der Waals surface area contributed by atoms with Crippen LogP contribution in [0, 0.1) is 0 Å². The first-order chi connectivity index (χ1) is 17.7. The highest BCUT2D eigenvalue weighted by Gasteiger charge is 2.37. The fourth-order valence-electron chi connectivity index (χ4n) is 4.59. The molecule has 1 fully saturated rings. The second-order valence-electron chi connectivity index (χ2n) is 10.5. The summed E-state index contributed by atoms with van der Waals surface area (Å²) >= 11 is 0. The average molecular weight is 501 g/mol. The van der Waals surface area contributed by atoms with E-state index in [1.54, 1.807) is 39.2 Å². The van der Waals surface area contributed by atoms with Crippen molar-refractivity contribution in [1.29, 1.82) is 0 Å². The number of nitrogens with zero attached hydrogens (tertiary/aromatic N) is 5. The lowest BCUT2D eigenvalue weighted by Gasteiger charge is -2.33. The number of likely N-dealkylation sites (N-methyl/N-ethyl adjacent to an activating group) is 1. The van der Waals surface area contributed by atoms with Crippen LogP contribution in [0.25, 0.3) is 11.1 Å². The highest BCUT2D eigenvalue weighted by molar-refractivity contribution is 6.08. The van der Waals surface area contributed by atoms with E-state index in [9.17, 15) is 9.59 Å². The van der Waals surface area contributed by atoms with Crippen molar-refractivity contribution in [3.63, 3.8) is 0 Å². The molecule has 2 aromatic heterocycles. The molecule has 0 bridgehead atoms. The summed E-state index contributed by atoms with van der Waals surface area (Å²) in [6.45, 7) is 9.51. The molecule has 5 rings (SSSR count). The van der Waals surface area contributed by atoms with Gasteiger partial charge in [0.1, 0.15) is 11.4 Å². The van der Waals surface area contributed by atoms with E-state index >= 15 is 0 Å². The van der Waals surface area contributed by atoms with Gasteiger partial charge < -0.3 is 19.9 Å². The van der Waals surface area contributed by atoms with Crippen LogP contribution in [0.5, 0.6) is 0 Å². The van der Waals surface area contributed by atoms with Crippen LogP contribution < -0.4 is 10.2 Å². The maximum atomic E-state index is 13.3. The molecule has 4 heterocycles. The molecule has 0 atom stereocenters. The molecule has 1 N–H and O–H groups in total. The summed E-state index contributed by atoms with van der Waals surface area (Å²) in [4.78, 5) is 40.7. The molecule has 9 nitrogen and oxygen atoms in total. The van der Waals surface area contributed by atoms with Crippen LogP contribution in [0.2, 0.25) is 0 Å². The van der Waals surface area contributed by atoms with Crippen molar-refractivity contribution in [2.75, 3.05) is 43.4 Å². The first-order valence-electron chi connectivity index (χ1n) is 12.5. The Morgan fingerprint density at radius 3 is 2.35 bits per heavy atom. The molecule has 0 radical (unpaired) electrons. The van der Waals surface area contributed by atoms with E-state index in [4.69, 9.17) is 4.74 Å². The Labute approximate surface area is 217 Å². The summed E-state index contributed by atoms with van der Waals surface area (Å²) in [5.41, 5.74) is 4.12. The lowest BCUT2D eigenvalue weighted by Crippen LogP contribution is -2.44. The standard InChI is InChI=1S/C28H32N6O3/c1-28(2,3)37-27(36)34-18-24-22(19-7-9-29-10-8-19)15-20(16-23(24)26(34)35)31-25-6-5-21(17-30-25)33-13-11-32(4)12-14-33/h5-10,15-17H,11-14,18H2,1-4H3,(H,30,31). The Morgan fingerprint density at radius 1 is 1.00 bits per heavy atom. The first kappa shape index (κ1) is 24.7. The molecule has 37 heavy (non-hydrogen) atoms. The number of anilines is 3. The fraction of sp³-hybridized carbons (Fsp3) is 0.357. The van der Waals surface area contributed by atoms with Gasteiger partial charge in [0, 0.05) is 49.8 Å². The Hall–Kier alpha value is -3.98. The molecule has 192 valence electrons. The number of carbonyl (C=O) groups is 2. The highest BCUT2D eigenvalue weighted by atomic mass is 16.6. The lowest BCUT2D eigenvalue weighted by molar-refractivity contribution is 0.0248. The van der Waals surface area contributed by atoms with Crippen LogP contribution in [0.4, 0.5) is 22.0 Å². The predicted molar refractivity (Wildman–Crippen MR) is 143 cm³/mol. The maximum absolute atomic E-state index is 13.3. The number of amides is 2. The largest absolute Gasteiger partial charge is 0.443 e. The SMILES string of the molecule is CN1CCN(c2ccc(Nc3cc4c(c(-c5ccncc5)c3)CN(C(=O)OC(C)(C)C)C4=O)nc2)CC1. The van der Waals surface area contributed by atoms with Crippen LogP contribution in [-0.4, -0.2) is 70.6 Å². The third kappa shape index (κ3) is 5.41. The van der Waals surface area contributed by atoms with E-state index in [1.807, 2.05) is 30.5 Å². The van der Waals surface area contributed by atoms with E-state index < -0.39 is 11.7 Å². The zero-order valence-corrected chi connectivity index (χ0v) is 21.7. The van der Waals surface area contributed by atoms with Crippen molar-refractivity contribution >= 4 is 29.2 Å². The van der Waals surface area contributed by atoms with E-state index in [2.05, 4.69) is 38.2 Å². The topological polar surface area (TPSA) is 90.9 Å². The van der Waals surface area contributed by atoms with Gasteiger partial charge in [-0.1, -0.05) is 0 Å². The minimum atomic E-state index is -0.700. The van der Waals surface area contributed by atoms with Crippen molar-refractivity contribution in [2.45, 2.75) is 32.9 Å². The molecule has 2 aliphatic heterocycles. The first-order valence-corrected chi connectivity index (χ1v) is 12.5. The maximum Gasteiger partial charge on any atom is 0.417 e. The third-order valence-corrected chi connectivity index (χ3v) is 6.54. The minimum Gasteiger partial charge on any atom is -0.443 e. The quantitative estimate of drug-likeness (QED) is 0.559. The van der Waals surface area contributed by atoms with Gasteiger partial charge in [0.15, 0.2) is 0 Å². The average Bonchev–Trinajstić information content (AvgIpc) is 3.21. The molecule has 0 saturated carbocycles. The molecule has 0 spiro atoms. The molecular formula is C28H32N6O3. The number of imide groups is 1. The normalized spacial score (nSPS) is 16.1. The van der Waals surface area contributed by atoms with Crippen LogP contribution in [0.3, 0.4) is 0 Å². The van der Waals surface area contributed by atoms with Gasteiger partial charge in [-0.3, -0.25) is 9.78 Å². The number of benzene rings is 1. The monoisotopic (exact) mass is 500 g/mol. The summed E-state index contributed by atoms with van der Waals surface area (Å²) in [7, 11) is 2.14. The third-order valence-electron chi connectivity index (χ3n) is 6.54. The van der Waals surface area contributed by atoms with Crippen molar-refractivity contribution < 1.29 is 14.3 Å². The summed E-state index contributed by atoms with van der Waals surface area (Å²) in [6, 6.07) is 11.6. The summed E-state index contributed by atoms with van der Waals surface area (Å²) < 4.78 is 5.49. The number of nitrogens with one attached hydrogen (secondary N) is 1. The zero-order chi connectivity index (χ0) is 26.2. The predicted octanol–water partition coefficient (Wildman–Crippen LogP) is 4.53. The summed E-state index contributed by atoms with van der Waals surface area (Å²) in [5.74, 6) is 0.300. The van der Waals surface area contributed by atoms with Gasteiger partial charge in [-0.15, -0.1) is 0 Å². The van der Waals surface area contributed by atoms with Gasteiger partial charge in [0.05, 0.1) is 18.4 Å². The molecule has 2 amide bonds. The zero-order valence-electron chi connectivity index (χ0n) is 21.7. The van der Waals surface area contributed by atoms with Gasteiger partial charge >= 0.3 is 6.09 Å². The van der Waals surface area contributed by atoms with Crippen molar-refractivity contribution in [3.05, 3.63) is 66.1 Å². The Balaban J connectivity index is 1.43. The smallest absolute Gasteiger partial charge is 0.417 e. The van der Waals surface area contributed by atoms with E-state index in [1.165, 1.54) is 0 Å². The number of rotatable bonds is 4. The molecule has 1 saturated heterocycles. The second-order valence-corrected chi connectivity index (χ2v) is 10.5. The number of hydrogen-bond acceptors (Lipinski definition) is 8. The molecule has 0 unspecified atom stereocenters. The number of hydrogen-bond donors (Lipinski definition) is 1. The van der Waals surface area contributed by atoms with Crippen LogP contribution in [0.1, 0.15) is 36.7 Å². The second kappa shape index (κ2) is 9.82. The fourth-order valence-corrected chi connectivity index (χ4v) is 4.59. The van der Waals surface area contributed by atoms with Gasteiger partial charge in [-0.2, -0.15) is 0 Å². The van der Waals surface area contributed by atoms with Crippen molar-refractivity contribution in [3.8, 4) is 11.1 Å². The number of carbonyl (C=O) groups excluding carboxylic acids is 2. The van der Waals surface area contributed by atoms with Gasteiger partial charge in [-0.05, 0) is 80.9 Å². The minimum absolute atomic E-state index is 0.152. The van der Waals surface area contributed by atoms with Crippen LogP contribution in [0.15, 0.2) is 55.0 Å². The Bertz CT molecular complexity index is 1300. The molecule has 0 aliphatic carbocycles. The van der Waals surface area contributed by atoms with Gasteiger partial charge in [-0.25, -0.2) is 14.7 Å². The van der Waals surface area contributed by atoms with Gasteiger partial charge in [0.25, 0.3) is 5.91 Å². The van der Waals surface area contributed by atoms with E-state index in [0.29, 0.717) is 17.1 Å². The Morgan fingerprint density at radius 2 is 1.70 bits per heavy atom. The molecular weight excluding hydrogens is 468 g/mol. The summed E-state index contributed by atoms with van der Waals surface area (Å²) in [5, 5.41) is 3.34. The highest BCUT2D eigenvalue weighted by Crippen LogP contribution is 2.37. The van der Waals surface area contributed by atoms with Gasteiger partial charge in [0.2, 0.25) is 0 Å². The Kier molecular flexibility index (Phi) is 6.55. The molecule has 1 aromatic carbocycles. The number of fused-ring (bicyclic) bond motifs is 1. The summed E-state index contributed by atoms with van der Waals surface area (Å²) in [6.07, 6.45) is 4.65. The number of ether oxygens (including phenoxy) is 1. The lowest BCUT2D eigenvalue weighted by atomic mass is 9.96. The number of piperazine rings is 1. The number of aromatic nitrogens is 2.